The number of ether oxygens (including phenoxy) is 1. The Kier molecular flexibility index (Phi) is 4.70. The van der Waals surface area contributed by atoms with Crippen molar-refractivity contribution in [3.63, 3.8) is 0 Å². The van der Waals surface area contributed by atoms with Gasteiger partial charge in [-0.1, -0.05) is 24.2 Å². The number of hydrogen-bond acceptors (Lipinski definition) is 6. The molecular formula is C19H19FN4O3. The van der Waals surface area contributed by atoms with Crippen LogP contribution in [-0.2, 0) is 17.6 Å². The molecule has 0 saturated carbocycles. The van der Waals surface area contributed by atoms with Crippen molar-refractivity contribution < 1.29 is 18.4 Å². The van der Waals surface area contributed by atoms with Crippen LogP contribution in [0.4, 0.5) is 4.39 Å². The number of hydrogen-bond donors (Lipinski definition) is 0. The minimum absolute atomic E-state index is 0.0522. The Balaban J connectivity index is 1.40. The molecule has 0 aliphatic carbocycles. The molecule has 1 aliphatic rings. The lowest BCUT2D eigenvalue weighted by Gasteiger charge is -2.17. The van der Waals surface area contributed by atoms with Crippen LogP contribution in [0.3, 0.4) is 0 Å². The average Bonchev–Trinajstić information content (AvgIpc) is 3.31. The first kappa shape index (κ1) is 17.4. The Hall–Kier alpha value is -3.03. The van der Waals surface area contributed by atoms with Gasteiger partial charge < -0.3 is 14.2 Å². The number of benzene rings is 1. The summed E-state index contributed by atoms with van der Waals surface area (Å²) in [5, 5.41) is 4.84. The van der Waals surface area contributed by atoms with Crippen LogP contribution in [0, 0.1) is 5.82 Å². The number of likely N-dealkylation sites (tertiary alicyclic amines) is 1. The Labute approximate surface area is 155 Å². The number of amides is 1. The predicted octanol–water partition coefficient (Wildman–Crippen LogP) is 2.54. The summed E-state index contributed by atoms with van der Waals surface area (Å²) in [6.45, 7) is 2.75. The first-order chi connectivity index (χ1) is 13.2. The van der Waals surface area contributed by atoms with Crippen LogP contribution < -0.4 is 4.74 Å². The topological polar surface area (TPSA) is 81.4 Å². The molecule has 1 amide bonds. The van der Waals surface area contributed by atoms with E-state index in [4.69, 9.17) is 9.26 Å². The first-order valence-electron chi connectivity index (χ1n) is 8.92. The quantitative estimate of drug-likeness (QED) is 0.687. The van der Waals surface area contributed by atoms with Crippen LogP contribution in [0.1, 0.15) is 24.7 Å². The van der Waals surface area contributed by atoms with E-state index in [0.29, 0.717) is 42.9 Å². The maximum atomic E-state index is 14.2. The highest BCUT2D eigenvalue weighted by Crippen LogP contribution is 2.23. The first-order valence-corrected chi connectivity index (χ1v) is 8.92. The molecule has 1 aliphatic heterocycles. The van der Waals surface area contributed by atoms with Crippen LogP contribution in [0.2, 0.25) is 0 Å². The summed E-state index contributed by atoms with van der Waals surface area (Å²) in [6, 6.07) is 7.44. The maximum absolute atomic E-state index is 14.2. The standard InChI is InChI=1S/C19H19FN4O3/c1-2-14-18(20)19(22-11-21-14)26-12-7-8-24(10-12)17(25)9-15-13-5-3-4-6-16(13)27-23-15/h3-6,11-12H,2,7-10H2,1H3. The molecule has 0 spiro atoms. The fourth-order valence-electron chi connectivity index (χ4n) is 3.25. The highest BCUT2D eigenvalue weighted by atomic mass is 19.1. The van der Waals surface area contributed by atoms with Crippen LogP contribution in [0.15, 0.2) is 35.1 Å². The van der Waals surface area contributed by atoms with Gasteiger partial charge in [-0.15, -0.1) is 0 Å². The molecule has 3 aromatic rings. The lowest BCUT2D eigenvalue weighted by molar-refractivity contribution is -0.129. The summed E-state index contributed by atoms with van der Waals surface area (Å²) in [6.07, 6.45) is 2.25. The van der Waals surface area contributed by atoms with Crippen molar-refractivity contribution in [2.45, 2.75) is 32.3 Å². The van der Waals surface area contributed by atoms with Crippen molar-refractivity contribution in [3.05, 3.63) is 47.8 Å². The molecule has 0 bridgehead atoms. The van der Waals surface area contributed by atoms with Gasteiger partial charge in [0.2, 0.25) is 11.7 Å². The Morgan fingerprint density at radius 1 is 1.33 bits per heavy atom. The Morgan fingerprint density at radius 3 is 3.04 bits per heavy atom. The third-order valence-corrected chi connectivity index (χ3v) is 4.71. The van der Waals surface area contributed by atoms with Crippen molar-refractivity contribution in [3.8, 4) is 5.88 Å². The lowest BCUT2D eigenvalue weighted by atomic mass is 10.1. The van der Waals surface area contributed by atoms with Gasteiger partial charge in [0.05, 0.1) is 18.7 Å². The number of para-hydroxylation sites is 1. The minimum Gasteiger partial charge on any atom is -0.470 e. The number of aromatic nitrogens is 3. The average molecular weight is 370 g/mol. The summed E-state index contributed by atoms with van der Waals surface area (Å²) >= 11 is 0. The van der Waals surface area contributed by atoms with Crippen molar-refractivity contribution >= 4 is 16.9 Å². The monoisotopic (exact) mass is 370 g/mol. The van der Waals surface area contributed by atoms with Gasteiger partial charge in [0.25, 0.3) is 5.88 Å². The van der Waals surface area contributed by atoms with E-state index in [0.717, 1.165) is 5.39 Å². The minimum atomic E-state index is -0.529. The SMILES string of the molecule is CCc1ncnc(OC2CCN(C(=O)Cc3noc4ccccc34)C2)c1F. The van der Waals surface area contributed by atoms with E-state index in [-0.39, 0.29) is 24.3 Å². The second kappa shape index (κ2) is 7.30. The van der Waals surface area contributed by atoms with E-state index in [9.17, 15) is 9.18 Å². The number of carbonyl (C=O) groups is 1. The number of aryl methyl sites for hydroxylation is 1. The van der Waals surface area contributed by atoms with Gasteiger partial charge in [0.1, 0.15) is 18.1 Å². The van der Waals surface area contributed by atoms with E-state index >= 15 is 0 Å². The molecule has 1 aromatic carbocycles. The Bertz CT molecular complexity index is 974. The third-order valence-electron chi connectivity index (χ3n) is 4.71. The number of nitrogens with zero attached hydrogens (tertiary/aromatic N) is 4. The summed E-state index contributed by atoms with van der Waals surface area (Å²) in [5.41, 5.74) is 1.60. The van der Waals surface area contributed by atoms with Crippen LogP contribution in [0.5, 0.6) is 5.88 Å². The molecule has 4 rings (SSSR count). The van der Waals surface area contributed by atoms with Crippen LogP contribution >= 0.6 is 0 Å². The second-order valence-corrected chi connectivity index (χ2v) is 6.46. The molecule has 27 heavy (non-hydrogen) atoms. The largest absolute Gasteiger partial charge is 0.470 e. The van der Waals surface area contributed by atoms with E-state index in [1.807, 2.05) is 31.2 Å². The molecule has 140 valence electrons. The molecule has 1 saturated heterocycles. The zero-order valence-electron chi connectivity index (χ0n) is 14.9. The number of halogens is 1. The predicted molar refractivity (Wildman–Crippen MR) is 94.7 cm³/mol. The summed E-state index contributed by atoms with van der Waals surface area (Å²) < 4.78 is 25.2. The molecule has 0 N–H and O–H groups in total. The van der Waals surface area contributed by atoms with Gasteiger partial charge in [0.15, 0.2) is 5.58 Å². The summed E-state index contributed by atoms with van der Waals surface area (Å²) in [7, 11) is 0. The van der Waals surface area contributed by atoms with Gasteiger partial charge in [-0.05, 0) is 18.6 Å². The number of rotatable bonds is 5. The summed E-state index contributed by atoms with van der Waals surface area (Å²) in [4.78, 5) is 22.1. The van der Waals surface area contributed by atoms with Gasteiger partial charge in [-0.2, -0.15) is 9.37 Å². The van der Waals surface area contributed by atoms with Crippen LogP contribution in [0.25, 0.3) is 11.0 Å². The van der Waals surface area contributed by atoms with Crippen molar-refractivity contribution in [2.75, 3.05) is 13.1 Å². The molecular weight excluding hydrogens is 351 g/mol. The highest BCUT2D eigenvalue weighted by Gasteiger charge is 2.29. The lowest BCUT2D eigenvalue weighted by Crippen LogP contribution is -2.32. The molecule has 2 aromatic heterocycles. The van der Waals surface area contributed by atoms with Crippen molar-refractivity contribution in [1.29, 1.82) is 0 Å². The smallest absolute Gasteiger partial charge is 0.254 e. The van der Waals surface area contributed by atoms with E-state index in [1.54, 1.807) is 4.90 Å². The molecule has 1 fully saturated rings. The van der Waals surface area contributed by atoms with Gasteiger partial charge in [-0.25, -0.2) is 4.98 Å². The third kappa shape index (κ3) is 3.47. The molecule has 8 heteroatoms. The zero-order chi connectivity index (χ0) is 18.8. The second-order valence-electron chi connectivity index (χ2n) is 6.46. The van der Waals surface area contributed by atoms with E-state index in [1.165, 1.54) is 6.33 Å². The fourth-order valence-corrected chi connectivity index (χ4v) is 3.25. The summed E-state index contributed by atoms with van der Waals surface area (Å²) in [5.74, 6) is -0.639. The normalized spacial score (nSPS) is 16.8. The maximum Gasteiger partial charge on any atom is 0.254 e. The highest BCUT2D eigenvalue weighted by molar-refractivity contribution is 5.86. The van der Waals surface area contributed by atoms with Gasteiger partial charge >= 0.3 is 0 Å². The van der Waals surface area contributed by atoms with E-state index < -0.39 is 5.82 Å². The van der Waals surface area contributed by atoms with Gasteiger partial charge in [0, 0.05) is 18.4 Å². The molecule has 3 heterocycles. The van der Waals surface area contributed by atoms with Crippen molar-refractivity contribution in [1.82, 2.24) is 20.0 Å². The van der Waals surface area contributed by atoms with Crippen LogP contribution in [-0.4, -0.2) is 45.1 Å². The molecule has 1 atom stereocenters. The molecule has 0 radical (unpaired) electrons. The molecule has 1 unspecified atom stereocenters. The van der Waals surface area contributed by atoms with E-state index in [2.05, 4.69) is 15.1 Å². The fraction of sp³-hybridized carbons (Fsp3) is 0.368. The van der Waals surface area contributed by atoms with Crippen molar-refractivity contribution in [2.24, 2.45) is 0 Å². The number of fused-ring (bicyclic) bond motifs is 1. The Morgan fingerprint density at radius 2 is 2.19 bits per heavy atom. The molecule has 7 nitrogen and oxygen atoms in total. The number of carbonyl (C=O) groups excluding carboxylic acids is 1. The van der Waals surface area contributed by atoms with Gasteiger partial charge in [-0.3, -0.25) is 4.79 Å². The zero-order valence-corrected chi connectivity index (χ0v) is 14.9.